The van der Waals surface area contributed by atoms with Crippen molar-refractivity contribution in [2.24, 2.45) is 11.5 Å². The summed E-state index contributed by atoms with van der Waals surface area (Å²) in [5.41, 5.74) is 12.6. The summed E-state index contributed by atoms with van der Waals surface area (Å²) in [5, 5.41) is 0.605. The predicted molar refractivity (Wildman–Crippen MR) is 111 cm³/mol. The number of primary amides is 2. The van der Waals surface area contributed by atoms with Gasteiger partial charge in [0, 0.05) is 11.1 Å². The van der Waals surface area contributed by atoms with Crippen molar-refractivity contribution < 1.29 is 14.0 Å². The first kappa shape index (κ1) is 19.1. The molecule has 4 N–H and O–H groups in total. The third-order valence-electron chi connectivity index (χ3n) is 5.60. The zero-order valence-electron chi connectivity index (χ0n) is 16.1. The summed E-state index contributed by atoms with van der Waals surface area (Å²) in [4.78, 5) is 39.2. The summed E-state index contributed by atoms with van der Waals surface area (Å²) in [6, 6.07) is 7.73. The van der Waals surface area contributed by atoms with Crippen molar-refractivity contribution in [2.75, 3.05) is 19.6 Å². The van der Waals surface area contributed by atoms with E-state index in [4.69, 9.17) is 15.9 Å². The molecule has 0 saturated carbocycles. The van der Waals surface area contributed by atoms with Gasteiger partial charge in [0.15, 0.2) is 0 Å². The van der Waals surface area contributed by atoms with E-state index in [9.17, 15) is 14.4 Å². The highest BCUT2D eigenvalue weighted by molar-refractivity contribution is 6.02. The molecular weight excluding hydrogens is 370 g/mol. The van der Waals surface area contributed by atoms with Crippen LogP contribution in [0.25, 0.3) is 21.9 Å². The van der Waals surface area contributed by atoms with Crippen LogP contribution in [0.3, 0.4) is 0 Å². The Balaban J connectivity index is 1.85. The number of likely N-dealkylation sites (tertiary alicyclic amines) is 1. The van der Waals surface area contributed by atoms with Gasteiger partial charge in [-0.1, -0.05) is 0 Å². The molecule has 0 radical (unpaired) electrons. The Morgan fingerprint density at radius 2 is 1.72 bits per heavy atom. The summed E-state index contributed by atoms with van der Waals surface area (Å²) < 4.78 is 5.90. The van der Waals surface area contributed by atoms with E-state index in [1.807, 2.05) is 0 Å². The third kappa shape index (κ3) is 3.61. The zero-order valence-corrected chi connectivity index (χ0v) is 16.1. The number of benzene rings is 2. The van der Waals surface area contributed by atoms with E-state index < -0.39 is 11.8 Å². The average molecular weight is 393 g/mol. The Bertz CT molecular complexity index is 1180. The molecule has 7 heteroatoms. The fourth-order valence-electron chi connectivity index (χ4n) is 4.14. The van der Waals surface area contributed by atoms with Crippen LogP contribution in [-0.4, -0.2) is 36.3 Å². The second kappa shape index (κ2) is 7.67. The maximum Gasteiger partial charge on any atom is 0.249 e. The van der Waals surface area contributed by atoms with Crippen molar-refractivity contribution in [3.8, 4) is 0 Å². The van der Waals surface area contributed by atoms with Crippen molar-refractivity contribution in [1.82, 2.24) is 4.90 Å². The molecule has 3 aromatic rings. The maximum absolute atomic E-state index is 13.3. The number of carbonyl (C=O) groups excluding carboxylic acids is 2. The lowest BCUT2D eigenvalue weighted by Gasteiger charge is -2.16. The van der Waals surface area contributed by atoms with Gasteiger partial charge in [-0.3, -0.25) is 14.4 Å². The number of hydrogen-bond donors (Lipinski definition) is 2. The van der Waals surface area contributed by atoms with Gasteiger partial charge in [-0.05, 0) is 81.2 Å². The number of amides is 2. The first-order chi connectivity index (χ1) is 14.0. The van der Waals surface area contributed by atoms with Crippen LogP contribution in [0.2, 0.25) is 0 Å². The topological polar surface area (TPSA) is 120 Å². The molecule has 2 heterocycles. The second-order valence-corrected chi connectivity index (χ2v) is 7.49. The minimum Gasteiger partial charge on any atom is -0.456 e. The van der Waals surface area contributed by atoms with E-state index in [1.54, 1.807) is 18.2 Å². The van der Waals surface area contributed by atoms with Crippen LogP contribution >= 0.6 is 0 Å². The Morgan fingerprint density at radius 3 is 2.41 bits per heavy atom. The number of nitrogens with zero attached hydrogens (tertiary/aromatic N) is 1. The molecule has 150 valence electrons. The van der Waals surface area contributed by atoms with Crippen LogP contribution in [0.1, 0.15) is 45.5 Å². The van der Waals surface area contributed by atoms with Gasteiger partial charge in [-0.25, -0.2) is 0 Å². The van der Waals surface area contributed by atoms with Gasteiger partial charge >= 0.3 is 0 Å². The molecule has 0 bridgehead atoms. The highest BCUT2D eigenvalue weighted by Crippen LogP contribution is 2.26. The lowest BCUT2D eigenvalue weighted by atomic mass is 9.96. The Labute approximate surface area is 167 Å². The molecule has 1 aliphatic rings. The number of hydrogen-bond acceptors (Lipinski definition) is 5. The van der Waals surface area contributed by atoms with Crippen LogP contribution in [0.4, 0.5) is 0 Å². The van der Waals surface area contributed by atoms with Crippen LogP contribution in [0.5, 0.6) is 0 Å². The largest absolute Gasteiger partial charge is 0.456 e. The molecule has 0 spiro atoms. The highest BCUT2D eigenvalue weighted by Gasteiger charge is 2.19. The van der Waals surface area contributed by atoms with Gasteiger partial charge in [-0.15, -0.1) is 0 Å². The number of carbonyl (C=O) groups is 2. The Hall–Kier alpha value is -3.19. The Morgan fingerprint density at radius 1 is 1.00 bits per heavy atom. The first-order valence-electron chi connectivity index (χ1n) is 9.80. The van der Waals surface area contributed by atoms with Crippen molar-refractivity contribution in [2.45, 2.75) is 25.7 Å². The van der Waals surface area contributed by atoms with E-state index in [2.05, 4.69) is 4.90 Å². The van der Waals surface area contributed by atoms with Crippen molar-refractivity contribution >= 4 is 33.8 Å². The van der Waals surface area contributed by atoms with E-state index in [0.29, 0.717) is 34.1 Å². The molecule has 7 nitrogen and oxygen atoms in total. The molecule has 0 atom stereocenters. The summed E-state index contributed by atoms with van der Waals surface area (Å²) in [7, 11) is 0. The van der Waals surface area contributed by atoms with E-state index in [1.165, 1.54) is 25.0 Å². The first-order valence-corrected chi connectivity index (χ1v) is 9.80. The average Bonchev–Trinajstić information content (AvgIpc) is 3.21. The van der Waals surface area contributed by atoms with Crippen LogP contribution in [0.15, 0.2) is 39.5 Å². The number of fused-ring (bicyclic) bond motifs is 2. The number of rotatable bonds is 6. The van der Waals surface area contributed by atoms with Gasteiger partial charge in [0.05, 0.1) is 10.8 Å². The number of nitrogens with two attached hydrogens (primary N) is 2. The van der Waals surface area contributed by atoms with Crippen LogP contribution in [0, 0.1) is 0 Å². The van der Waals surface area contributed by atoms with Gasteiger partial charge in [0.25, 0.3) is 0 Å². The van der Waals surface area contributed by atoms with Crippen LogP contribution < -0.4 is 16.9 Å². The highest BCUT2D eigenvalue weighted by atomic mass is 16.3. The SMILES string of the molecule is NC(=O)c1ccc2oc3ccc(C(N)=O)c(CCCN4CCCC4)c3c(=O)c2c1. The molecule has 4 rings (SSSR count). The van der Waals surface area contributed by atoms with E-state index >= 15 is 0 Å². The molecular formula is C22H23N3O4. The quantitative estimate of drug-likeness (QED) is 0.622. The molecule has 0 unspecified atom stereocenters. The fraction of sp³-hybridized carbons (Fsp3) is 0.318. The Kier molecular flexibility index (Phi) is 5.07. The maximum atomic E-state index is 13.3. The molecule has 1 aliphatic heterocycles. The van der Waals surface area contributed by atoms with Crippen molar-refractivity contribution in [1.29, 1.82) is 0 Å². The zero-order chi connectivity index (χ0) is 20.5. The molecule has 1 aromatic heterocycles. The molecule has 1 fully saturated rings. The molecule has 0 aliphatic carbocycles. The lowest BCUT2D eigenvalue weighted by molar-refractivity contribution is 0.0991. The third-order valence-corrected chi connectivity index (χ3v) is 5.60. The van der Waals surface area contributed by atoms with E-state index in [-0.39, 0.29) is 16.4 Å². The smallest absolute Gasteiger partial charge is 0.249 e. The van der Waals surface area contributed by atoms with Crippen LogP contribution in [-0.2, 0) is 6.42 Å². The summed E-state index contributed by atoms with van der Waals surface area (Å²) >= 11 is 0. The minimum atomic E-state index is -0.622. The molecule has 1 saturated heterocycles. The summed E-state index contributed by atoms with van der Waals surface area (Å²) in [5.74, 6) is -1.20. The molecule has 29 heavy (non-hydrogen) atoms. The summed E-state index contributed by atoms with van der Waals surface area (Å²) in [6.45, 7) is 3.07. The van der Waals surface area contributed by atoms with Gasteiger partial charge in [0.2, 0.25) is 17.2 Å². The molecule has 2 aromatic carbocycles. The normalized spacial score (nSPS) is 14.6. The van der Waals surface area contributed by atoms with Crippen molar-refractivity contribution in [3.05, 3.63) is 57.2 Å². The second-order valence-electron chi connectivity index (χ2n) is 7.49. The summed E-state index contributed by atoms with van der Waals surface area (Å²) in [6.07, 6.45) is 3.76. The lowest BCUT2D eigenvalue weighted by Crippen LogP contribution is -2.22. The number of aryl methyl sites for hydroxylation is 1. The van der Waals surface area contributed by atoms with E-state index in [0.717, 1.165) is 26.1 Å². The monoisotopic (exact) mass is 393 g/mol. The standard InChI is InChI=1S/C22H23N3O4/c23-21(27)13-5-7-17-16(12-13)20(26)19-14(4-3-11-25-9-1-2-10-25)15(22(24)28)6-8-18(19)29-17/h5-8,12H,1-4,9-11H2,(H2,23,27)(H2,24,28). The van der Waals surface area contributed by atoms with Crippen molar-refractivity contribution in [3.63, 3.8) is 0 Å². The predicted octanol–water partition coefficient (Wildman–Crippen LogP) is 2.17. The van der Waals surface area contributed by atoms with Gasteiger partial charge in [0.1, 0.15) is 11.2 Å². The van der Waals surface area contributed by atoms with Gasteiger partial charge in [-0.2, -0.15) is 0 Å². The molecule has 2 amide bonds. The minimum absolute atomic E-state index is 0.228. The van der Waals surface area contributed by atoms with Gasteiger partial charge < -0.3 is 20.8 Å². The fourth-order valence-corrected chi connectivity index (χ4v) is 4.14.